The van der Waals surface area contributed by atoms with E-state index in [-0.39, 0.29) is 28.6 Å². The number of esters is 1. The number of benzene rings is 1. The number of carbonyl (C=O) groups is 1. The fourth-order valence-corrected chi connectivity index (χ4v) is 1.38. The molecule has 0 saturated heterocycles. The zero-order valence-corrected chi connectivity index (χ0v) is 10.6. The summed E-state index contributed by atoms with van der Waals surface area (Å²) in [4.78, 5) is 18.7. The Kier molecular flexibility index (Phi) is 5.06. The van der Waals surface area contributed by atoms with Crippen LogP contribution in [-0.2, 0) is 4.74 Å². The van der Waals surface area contributed by atoms with Crippen LogP contribution in [0.3, 0.4) is 0 Å². The van der Waals surface area contributed by atoms with Crippen molar-refractivity contribution in [3.63, 3.8) is 0 Å². The highest BCUT2D eigenvalue weighted by atomic mass is 16.5. The fourth-order valence-electron chi connectivity index (χ4n) is 1.38. The van der Waals surface area contributed by atoms with Gasteiger partial charge in [-0.2, -0.15) is 4.99 Å². The molecule has 1 rings (SSSR count). The van der Waals surface area contributed by atoms with E-state index < -0.39 is 13.1 Å². The molecule has 1 aromatic rings. The lowest BCUT2D eigenvalue weighted by molar-refractivity contribution is 0.0600. The molecule has 0 aromatic heterocycles. The summed E-state index contributed by atoms with van der Waals surface area (Å²) in [5, 5.41) is 18.5. The predicted molar refractivity (Wildman–Crippen MR) is 74.7 cm³/mol. The third-order valence-electron chi connectivity index (χ3n) is 2.21. The molecule has 0 fully saturated rings. The molecule has 0 amide bonds. The Labute approximate surface area is 114 Å². The third-order valence-corrected chi connectivity index (χ3v) is 2.21. The lowest BCUT2D eigenvalue weighted by Gasteiger charge is -2.07. The number of ether oxygens (including phenoxy) is 1. The highest BCUT2D eigenvalue weighted by Gasteiger charge is 2.18. The Morgan fingerprint density at radius 3 is 2.45 bits per heavy atom. The number of hydrogen-bond donors (Lipinski definition) is 5. The molecule has 0 atom stereocenters. The molecule has 0 aliphatic carbocycles. The van der Waals surface area contributed by atoms with Crippen LogP contribution in [0.25, 0.3) is 0 Å². The average molecular weight is 279 g/mol. The summed E-state index contributed by atoms with van der Waals surface area (Å²) in [5.74, 6) is -1.21. The van der Waals surface area contributed by atoms with Crippen LogP contribution in [0.15, 0.2) is 28.2 Å². The van der Waals surface area contributed by atoms with Gasteiger partial charge in [0.05, 0.1) is 18.4 Å². The highest BCUT2D eigenvalue weighted by molar-refractivity contribution is 6.60. The lowest BCUT2D eigenvalue weighted by Crippen LogP contribution is -2.31. The minimum atomic E-state index is -1.80. The zero-order valence-electron chi connectivity index (χ0n) is 10.6. The first-order chi connectivity index (χ1) is 9.35. The van der Waals surface area contributed by atoms with Gasteiger partial charge in [0, 0.05) is 5.46 Å². The summed E-state index contributed by atoms with van der Waals surface area (Å²) in [6, 6.07) is 3.94. The van der Waals surface area contributed by atoms with Crippen LogP contribution in [0.1, 0.15) is 10.4 Å². The van der Waals surface area contributed by atoms with Crippen LogP contribution < -0.4 is 22.7 Å². The van der Waals surface area contributed by atoms with E-state index in [9.17, 15) is 14.8 Å². The van der Waals surface area contributed by atoms with Crippen molar-refractivity contribution in [1.82, 2.24) is 0 Å². The Hall–Kier alpha value is -2.59. The number of aliphatic imine (C=N–C) groups is 2. The molecule has 9 nitrogen and oxygen atoms in total. The van der Waals surface area contributed by atoms with Crippen LogP contribution in [0.2, 0.25) is 0 Å². The maximum atomic E-state index is 11.4. The van der Waals surface area contributed by atoms with Gasteiger partial charge in [0.15, 0.2) is 5.96 Å². The second kappa shape index (κ2) is 6.54. The molecule has 0 spiro atoms. The average Bonchev–Trinajstić information content (AvgIpc) is 2.36. The first kappa shape index (κ1) is 15.5. The Balaban J connectivity index is 3.32. The van der Waals surface area contributed by atoms with Crippen molar-refractivity contribution in [2.45, 2.75) is 0 Å². The van der Waals surface area contributed by atoms with E-state index >= 15 is 0 Å². The molecule has 1 aromatic carbocycles. The van der Waals surface area contributed by atoms with Gasteiger partial charge in [0.2, 0.25) is 5.96 Å². The maximum absolute atomic E-state index is 11.4. The van der Waals surface area contributed by atoms with Crippen molar-refractivity contribution in [3.8, 4) is 0 Å². The predicted octanol–water partition coefficient (Wildman–Crippen LogP) is -2.63. The fraction of sp³-hybridized carbons (Fsp3) is 0.100. The van der Waals surface area contributed by atoms with Crippen LogP contribution in [0.5, 0.6) is 0 Å². The van der Waals surface area contributed by atoms with Gasteiger partial charge in [-0.3, -0.25) is 0 Å². The first-order valence-electron chi connectivity index (χ1n) is 5.37. The van der Waals surface area contributed by atoms with Crippen molar-refractivity contribution in [2.75, 3.05) is 7.11 Å². The summed E-state index contributed by atoms with van der Waals surface area (Å²) in [7, 11) is -0.583. The topological polar surface area (TPSA) is 170 Å². The summed E-state index contributed by atoms with van der Waals surface area (Å²) >= 11 is 0. The van der Waals surface area contributed by atoms with Gasteiger partial charge >= 0.3 is 13.1 Å². The van der Waals surface area contributed by atoms with Crippen LogP contribution in [0.4, 0.5) is 5.69 Å². The number of nitrogens with two attached hydrogens (primary N) is 3. The Morgan fingerprint density at radius 1 is 1.30 bits per heavy atom. The van der Waals surface area contributed by atoms with E-state index in [4.69, 9.17) is 17.2 Å². The molecule has 0 saturated carbocycles. The first-order valence-corrected chi connectivity index (χ1v) is 5.37. The minimum Gasteiger partial charge on any atom is -0.465 e. The SMILES string of the molecule is COC(=O)c1ccc(B(O)O)c(N=C(N)N=C(N)N)c1. The normalized spacial score (nSPS) is 10.8. The summed E-state index contributed by atoms with van der Waals surface area (Å²) < 4.78 is 4.55. The summed E-state index contributed by atoms with van der Waals surface area (Å²) in [6.45, 7) is 0. The number of rotatable bonds is 3. The van der Waals surface area contributed by atoms with E-state index in [0.29, 0.717) is 0 Å². The molecule has 0 radical (unpaired) electrons. The second-order valence-corrected chi connectivity index (χ2v) is 3.65. The van der Waals surface area contributed by atoms with Gasteiger partial charge in [-0.25, -0.2) is 9.79 Å². The number of carbonyl (C=O) groups excluding carboxylic acids is 1. The van der Waals surface area contributed by atoms with E-state index in [1.54, 1.807) is 0 Å². The zero-order chi connectivity index (χ0) is 15.3. The van der Waals surface area contributed by atoms with Crippen molar-refractivity contribution in [2.24, 2.45) is 27.2 Å². The number of methoxy groups -OCH3 is 1. The number of hydrogen-bond acceptors (Lipinski definition) is 5. The van der Waals surface area contributed by atoms with Crippen molar-refractivity contribution >= 4 is 36.2 Å². The standard InChI is InChI=1S/C10H14BN5O4/c1-20-8(17)5-2-3-6(11(18)19)7(4-5)15-10(14)16-9(12)13/h2-4,18-19H,1H3,(H6,12,13,14,15,16). The number of guanidine groups is 2. The molecule has 10 heteroatoms. The van der Waals surface area contributed by atoms with Gasteiger partial charge in [-0.15, -0.1) is 0 Å². The van der Waals surface area contributed by atoms with Gasteiger partial charge in [-0.05, 0) is 12.1 Å². The molecule has 0 unspecified atom stereocenters. The molecule has 8 N–H and O–H groups in total. The second-order valence-electron chi connectivity index (χ2n) is 3.65. The highest BCUT2D eigenvalue weighted by Crippen LogP contribution is 2.13. The van der Waals surface area contributed by atoms with Crippen LogP contribution in [-0.4, -0.2) is 42.2 Å². The smallest absolute Gasteiger partial charge is 0.465 e. The van der Waals surface area contributed by atoms with Gasteiger partial charge < -0.3 is 32.0 Å². The molecule has 0 aliphatic heterocycles. The van der Waals surface area contributed by atoms with E-state index in [1.165, 1.54) is 25.3 Å². The maximum Gasteiger partial charge on any atom is 0.490 e. The summed E-state index contributed by atoms with van der Waals surface area (Å²) in [5.41, 5.74) is 16.0. The van der Waals surface area contributed by atoms with Gasteiger partial charge in [0.25, 0.3) is 0 Å². The molecular weight excluding hydrogens is 265 g/mol. The van der Waals surface area contributed by atoms with E-state index in [1.807, 2.05) is 0 Å². The van der Waals surface area contributed by atoms with E-state index in [2.05, 4.69) is 14.7 Å². The Morgan fingerprint density at radius 2 is 1.95 bits per heavy atom. The monoisotopic (exact) mass is 279 g/mol. The van der Waals surface area contributed by atoms with Crippen LogP contribution >= 0.6 is 0 Å². The third kappa shape index (κ3) is 3.97. The quantitative estimate of drug-likeness (QED) is 0.174. The molecular formula is C10H14BN5O4. The van der Waals surface area contributed by atoms with Gasteiger partial charge in [0.1, 0.15) is 0 Å². The van der Waals surface area contributed by atoms with E-state index in [0.717, 1.165) is 0 Å². The lowest BCUT2D eigenvalue weighted by atomic mass is 9.78. The molecule has 106 valence electrons. The molecule has 20 heavy (non-hydrogen) atoms. The minimum absolute atomic E-state index is 0.0328. The molecule has 0 bridgehead atoms. The van der Waals surface area contributed by atoms with Crippen molar-refractivity contribution < 1.29 is 19.6 Å². The van der Waals surface area contributed by atoms with Crippen molar-refractivity contribution in [3.05, 3.63) is 23.8 Å². The Bertz CT molecular complexity index is 569. The molecule has 0 heterocycles. The number of nitrogens with zero attached hydrogens (tertiary/aromatic N) is 2. The largest absolute Gasteiger partial charge is 0.490 e. The summed E-state index contributed by atoms with van der Waals surface area (Å²) in [6.07, 6.45) is 0. The van der Waals surface area contributed by atoms with Crippen molar-refractivity contribution in [1.29, 1.82) is 0 Å². The molecule has 0 aliphatic rings. The van der Waals surface area contributed by atoms with Gasteiger partial charge in [-0.1, -0.05) is 6.07 Å². The van der Waals surface area contributed by atoms with Crippen LogP contribution in [0, 0.1) is 0 Å².